The fourth-order valence-electron chi connectivity index (χ4n) is 3.61. The fourth-order valence-corrected chi connectivity index (χ4v) is 3.61. The van der Waals surface area contributed by atoms with E-state index in [-0.39, 0.29) is 17.9 Å². The Morgan fingerprint density at radius 1 is 0.971 bits per heavy atom. The standard InChI is InChI=1S/C27H37N3O4/c1-18(2)30(25(32)20(4)29-26(33)34-27(5,6)7)23(22-15-11-12-19(3)16-22)24(31)28-17-21-13-9-8-10-14-21/h8-16,18,20,23H,17H2,1-7H3,(H,28,31)(H,29,33). The molecular weight excluding hydrogens is 430 g/mol. The molecule has 2 atom stereocenters. The molecule has 0 heterocycles. The molecule has 3 amide bonds. The van der Waals surface area contributed by atoms with Crippen LogP contribution in [0.25, 0.3) is 0 Å². The number of rotatable bonds is 8. The van der Waals surface area contributed by atoms with E-state index in [1.165, 1.54) is 4.90 Å². The summed E-state index contributed by atoms with van der Waals surface area (Å²) in [5.41, 5.74) is 1.96. The topological polar surface area (TPSA) is 87.7 Å². The molecule has 0 saturated carbocycles. The van der Waals surface area contributed by atoms with Crippen molar-refractivity contribution in [3.05, 3.63) is 71.3 Å². The summed E-state index contributed by atoms with van der Waals surface area (Å²) in [6.07, 6.45) is -0.683. The Hall–Kier alpha value is -3.35. The van der Waals surface area contributed by atoms with Crippen LogP contribution >= 0.6 is 0 Å². The highest BCUT2D eigenvalue weighted by atomic mass is 16.6. The van der Waals surface area contributed by atoms with Gasteiger partial charge in [-0.1, -0.05) is 60.2 Å². The van der Waals surface area contributed by atoms with Gasteiger partial charge in [-0.05, 0) is 59.6 Å². The molecule has 2 aromatic rings. The van der Waals surface area contributed by atoms with Gasteiger partial charge >= 0.3 is 6.09 Å². The third-order valence-electron chi connectivity index (χ3n) is 5.11. The molecule has 0 aliphatic rings. The quantitative estimate of drug-likeness (QED) is 0.598. The van der Waals surface area contributed by atoms with Gasteiger partial charge in [0.05, 0.1) is 0 Å². The second kappa shape index (κ2) is 11.7. The number of alkyl carbamates (subject to hydrolysis) is 1. The van der Waals surface area contributed by atoms with Crippen molar-refractivity contribution < 1.29 is 19.1 Å². The van der Waals surface area contributed by atoms with Crippen LogP contribution in [0.5, 0.6) is 0 Å². The van der Waals surface area contributed by atoms with Gasteiger partial charge in [0.1, 0.15) is 17.7 Å². The lowest BCUT2D eigenvalue weighted by atomic mass is 9.99. The monoisotopic (exact) mass is 467 g/mol. The number of carbonyl (C=O) groups is 3. The maximum absolute atomic E-state index is 13.5. The van der Waals surface area contributed by atoms with Crippen molar-refractivity contribution in [1.29, 1.82) is 0 Å². The first-order valence-electron chi connectivity index (χ1n) is 11.6. The smallest absolute Gasteiger partial charge is 0.408 e. The van der Waals surface area contributed by atoms with Crippen LogP contribution in [0.1, 0.15) is 64.3 Å². The number of carbonyl (C=O) groups excluding carboxylic acids is 3. The lowest BCUT2D eigenvalue weighted by molar-refractivity contribution is -0.144. The molecule has 7 heteroatoms. The summed E-state index contributed by atoms with van der Waals surface area (Å²) >= 11 is 0. The Labute approximate surface area is 202 Å². The molecule has 2 N–H and O–H groups in total. The van der Waals surface area contributed by atoms with E-state index in [0.717, 1.165) is 11.1 Å². The number of aryl methyl sites for hydroxylation is 1. The Morgan fingerprint density at radius 2 is 1.62 bits per heavy atom. The molecule has 2 aromatic carbocycles. The van der Waals surface area contributed by atoms with Crippen molar-refractivity contribution in [3.8, 4) is 0 Å². The van der Waals surface area contributed by atoms with Gasteiger partial charge in [0.2, 0.25) is 11.8 Å². The van der Waals surface area contributed by atoms with Crippen LogP contribution in [0.2, 0.25) is 0 Å². The van der Waals surface area contributed by atoms with Crippen LogP contribution in [-0.2, 0) is 20.9 Å². The van der Waals surface area contributed by atoms with Gasteiger partial charge in [0.25, 0.3) is 0 Å². The number of hydrogen-bond donors (Lipinski definition) is 2. The first-order valence-corrected chi connectivity index (χ1v) is 11.6. The van der Waals surface area contributed by atoms with E-state index in [9.17, 15) is 14.4 Å². The molecule has 7 nitrogen and oxygen atoms in total. The Morgan fingerprint density at radius 3 is 2.18 bits per heavy atom. The molecule has 0 radical (unpaired) electrons. The van der Waals surface area contributed by atoms with Crippen LogP contribution < -0.4 is 10.6 Å². The first kappa shape index (κ1) is 26.9. The average Bonchev–Trinajstić information content (AvgIpc) is 2.74. The van der Waals surface area contributed by atoms with Crippen LogP contribution in [-0.4, -0.2) is 40.5 Å². The minimum absolute atomic E-state index is 0.291. The van der Waals surface area contributed by atoms with Crippen molar-refractivity contribution in [2.75, 3.05) is 0 Å². The highest BCUT2D eigenvalue weighted by Gasteiger charge is 2.36. The second-order valence-corrected chi connectivity index (χ2v) is 9.73. The van der Waals surface area contributed by atoms with E-state index >= 15 is 0 Å². The van der Waals surface area contributed by atoms with Crippen LogP contribution in [0, 0.1) is 6.92 Å². The SMILES string of the molecule is Cc1cccc(C(C(=O)NCc2ccccc2)N(C(=O)C(C)NC(=O)OC(C)(C)C)C(C)C)c1. The molecule has 0 aliphatic carbocycles. The Bertz CT molecular complexity index is 983. The lowest BCUT2D eigenvalue weighted by Crippen LogP contribution is -2.54. The molecule has 0 fully saturated rings. The van der Waals surface area contributed by atoms with Gasteiger partial charge in [-0.2, -0.15) is 0 Å². The minimum Gasteiger partial charge on any atom is -0.444 e. The second-order valence-electron chi connectivity index (χ2n) is 9.73. The van der Waals surface area contributed by atoms with Gasteiger partial charge in [-0.3, -0.25) is 9.59 Å². The van der Waals surface area contributed by atoms with Crippen molar-refractivity contribution in [2.24, 2.45) is 0 Å². The lowest BCUT2D eigenvalue weighted by Gasteiger charge is -2.36. The fraction of sp³-hybridized carbons (Fsp3) is 0.444. The zero-order valence-corrected chi connectivity index (χ0v) is 21.2. The molecule has 184 valence electrons. The van der Waals surface area contributed by atoms with Gasteiger partial charge < -0.3 is 20.3 Å². The van der Waals surface area contributed by atoms with Crippen molar-refractivity contribution in [1.82, 2.24) is 15.5 Å². The Kier molecular flexibility index (Phi) is 9.24. The normalized spacial score (nSPS) is 13.1. The summed E-state index contributed by atoms with van der Waals surface area (Å²) in [5.74, 6) is -0.664. The molecule has 0 spiro atoms. The number of hydrogen-bond acceptors (Lipinski definition) is 4. The molecule has 0 saturated heterocycles. The average molecular weight is 468 g/mol. The molecule has 0 aromatic heterocycles. The first-order chi connectivity index (χ1) is 15.9. The maximum Gasteiger partial charge on any atom is 0.408 e. The third kappa shape index (κ3) is 7.90. The maximum atomic E-state index is 13.5. The molecule has 2 unspecified atom stereocenters. The molecule has 0 aliphatic heterocycles. The number of amides is 3. The van der Waals surface area contributed by atoms with E-state index in [2.05, 4.69) is 10.6 Å². The van der Waals surface area contributed by atoms with Crippen LogP contribution in [0.4, 0.5) is 4.79 Å². The molecule has 34 heavy (non-hydrogen) atoms. The summed E-state index contributed by atoms with van der Waals surface area (Å²) in [6, 6.07) is 15.1. The number of benzene rings is 2. The number of ether oxygens (including phenoxy) is 1. The number of nitrogens with one attached hydrogen (secondary N) is 2. The molecule has 0 bridgehead atoms. The highest BCUT2D eigenvalue weighted by molar-refractivity contribution is 5.92. The summed E-state index contributed by atoms with van der Waals surface area (Å²) < 4.78 is 5.29. The predicted molar refractivity (Wildman–Crippen MR) is 133 cm³/mol. The highest BCUT2D eigenvalue weighted by Crippen LogP contribution is 2.26. The van der Waals surface area contributed by atoms with Crippen LogP contribution in [0.15, 0.2) is 54.6 Å². The predicted octanol–water partition coefficient (Wildman–Crippen LogP) is 4.50. The van der Waals surface area contributed by atoms with Crippen molar-refractivity contribution in [3.63, 3.8) is 0 Å². The summed E-state index contributed by atoms with van der Waals surface area (Å²) in [7, 11) is 0. The summed E-state index contributed by atoms with van der Waals surface area (Å²) in [5, 5.41) is 5.58. The number of nitrogens with zero attached hydrogens (tertiary/aromatic N) is 1. The minimum atomic E-state index is -0.883. The van der Waals surface area contributed by atoms with Gasteiger partial charge in [0, 0.05) is 12.6 Å². The van der Waals surface area contributed by atoms with E-state index in [1.807, 2.05) is 75.4 Å². The zero-order valence-electron chi connectivity index (χ0n) is 21.2. The van der Waals surface area contributed by atoms with Gasteiger partial charge in [-0.15, -0.1) is 0 Å². The van der Waals surface area contributed by atoms with E-state index in [4.69, 9.17) is 4.74 Å². The molecular formula is C27H37N3O4. The van der Waals surface area contributed by atoms with E-state index in [1.54, 1.807) is 27.7 Å². The van der Waals surface area contributed by atoms with E-state index < -0.39 is 23.8 Å². The van der Waals surface area contributed by atoms with Crippen molar-refractivity contribution >= 4 is 17.9 Å². The summed E-state index contributed by atoms with van der Waals surface area (Å²) in [4.78, 5) is 40.8. The molecule has 2 rings (SSSR count). The largest absolute Gasteiger partial charge is 0.444 e. The summed E-state index contributed by atoms with van der Waals surface area (Å²) in [6.45, 7) is 12.8. The van der Waals surface area contributed by atoms with Crippen molar-refractivity contribution in [2.45, 2.75) is 78.7 Å². The zero-order chi connectivity index (χ0) is 25.5. The third-order valence-corrected chi connectivity index (χ3v) is 5.11. The van der Waals surface area contributed by atoms with Crippen LogP contribution in [0.3, 0.4) is 0 Å². The van der Waals surface area contributed by atoms with E-state index in [0.29, 0.717) is 12.1 Å². The van der Waals surface area contributed by atoms with Gasteiger partial charge in [-0.25, -0.2) is 4.79 Å². The Balaban J connectivity index is 2.33. The van der Waals surface area contributed by atoms with Gasteiger partial charge in [0.15, 0.2) is 0 Å².